The van der Waals surface area contributed by atoms with Crippen LogP contribution in [0.15, 0.2) is 52.3 Å². The lowest BCUT2D eigenvalue weighted by molar-refractivity contribution is 0.398. The number of hydrogen-bond acceptors (Lipinski definition) is 3. The molecule has 1 aromatic carbocycles. The monoisotopic (exact) mass is 326 g/mol. The van der Waals surface area contributed by atoms with Crippen LogP contribution in [0, 0.1) is 0 Å². The van der Waals surface area contributed by atoms with E-state index in [-0.39, 0.29) is 16.5 Å². The average Bonchev–Trinajstić information content (AvgIpc) is 2.47. The molecule has 0 saturated carbocycles. The van der Waals surface area contributed by atoms with Crippen molar-refractivity contribution in [2.75, 3.05) is 7.05 Å². The van der Waals surface area contributed by atoms with Gasteiger partial charge in [-0.2, -0.15) is 4.31 Å². The third-order valence-electron chi connectivity index (χ3n) is 3.33. The number of hydrogen-bond donors (Lipinski definition) is 1. The van der Waals surface area contributed by atoms with Crippen LogP contribution in [0.3, 0.4) is 0 Å². The summed E-state index contributed by atoms with van der Waals surface area (Å²) in [5.41, 5.74) is 0.484. The van der Waals surface area contributed by atoms with Crippen molar-refractivity contribution in [2.24, 2.45) is 0 Å². The van der Waals surface area contributed by atoms with Crippen molar-refractivity contribution in [1.29, 1.82) is 0 Å². The fraction of sp³-hybridized carbons (Fsp3) is 0.214. The summed E-state index contributed by atoms with van der Waals surface area (Å²) in [5, 5.41) is 0.595. The predicted octanol–water partition coefficient (Wildman–Crippen LogP) is 2.41. The van der Waals surface area contributed by atoms with Crippen LogP contribution in [0.25, 0.3) is 0 Å². The Morgan fingerprint density at radius 2 is 1.76 bits per heavy atom. The highest BCUT2D eigenvalue weighted by atomic mass is 35.5. The molecule has 0 spiro atoms. The molecule has 1 unspecified atom stereocenters. The van der Waals surface area contributed by atoms with Crippen molar-refractivity contribution in [1.82, 2.24) is 9.29 Å². The summed E-state index contributed by atoms with van der Waals surface area (Å²) in [4.78, 5) is 13.4. The van der Waals surface area contributed by atoms with E-state index in [2.05, 4.69) is 4.98 Å². The molecule has 0 aliphatic heterocycles. The van der Waals surface area contributed by atoms with Crippen LogP contribution in [0.1, 0.15) is 18.5 Å². The van der Waals surface area contributed by atoms with Crippen molar-refractivity contribution < 1.29 is 8.42 Å². The predicted molar refractivity (Wildman–Crippen MR) is 81.9 cm³/mol. The number of halogens is 1. The molecule has 1 atom stereocenters. The van der Waals surface area contributed by atoms with Gasteiger partial charge < -0.3 is 4.98 Å². The maximum absolute atomic E-state index is 12.5. The van der Waals surface area contributed by atoms with Gasteiger partial charge in [-0.05, 0) is 30.7 Å². The normalized spacial score (nSPS) is 13.3. The molecule has 0 radical (unpaired) electrons. The van der Waals surface area contributed by atoms with Gasteiger partial charge in [0.25, 0.3) is 0 Å². The average molecular weight is 327 g/mol. The fourth-order valence-electron chi connectivity index (χ4n) is 1.88. The van der Waals surface area contributed by atoms with Crippen LogP contribution in [-0.4, -0.2) is 24.8 Å². The quantitative estimate of drug-likeness (QED) is 0.938. The number of rotatable bonds is 4. The largest absolute Gasteiger partial charge is 0.328 e. The first-order valence-corrected chi connectivity index (χ1v) is 8.06. The molecule has 7 heteroatoms. The van der Waals surface area contributed by atoms with E-state index in [0.29, 0.717) is 5.02 Å². The SMILES string of the molecule is CC(c1ccc(Cl)cc1)N(C)S(=O)(=O)c1ccc(=O)[nH]c1. The van der Waals surface area contributed by atoms with Crippen molar-refractivity contribution in [2.45, 2.75) is 17.9 Å². The second-order valence-electron chi connectivity index (χ2n) is 4.64. The number of nitrogens with zero attached hydrogens (tertiary/aromatic N) is 1. The lowest BCUT2D eigenvalue weighted by Crippen LogP contribution is -2.30. The van der Waals surface area contributed by atoms with Gasteiger partial charge in [0.05, 0.1) is 4.90 Å². The van der Waals surface area contributed by atoms with Crippen LogP contribution >= 0.6 is 11.6 Å². The van der Waals surface area contributed by atoms with Gasteiger partial charge in [-0.25, -0.2) is 8.42 Å². The topological polar surface area (TPSA) is 70.2 Å². The van der Waals surface area contributed by atoms with Crippen molar-refractivity contribution in [3.63, 3.8) is 0 Å². The van der Waals surface area contributed by atoms with Gasteiger partial charge >= 0.3 is 0 Å². The van der Waals surface area contributed by atoms with Gasteiger partial charge in [0, 0.05) is 30.4 Å². The highest BCUT2D eigenvalue weighted by Gasteiger charge is 2.26. The second-order valence-corrected chi connectivity index (χ2v) is 7.07. The first kappa shape index (κ1) is 15.8. The smallest absolute Gasteiger partial charge is 0.247 e. The van der Waals surface area contributed by atoms with Crippen LogP contribution in [0.5, 0.6) is 0 Å². The highest BCUT2D eigenvalue weighted by molar-refractivity contribution is 7.89. The minimum absolute atomic E-state index is 0.0467. The zero-order chi connectivity index (χ0) is 15.6. The minimum Gasteiger partial charge on any atom is -0.328 e. The van der Waals surface area contributed by atoms with Gasteiger partial charge in [0.15, 0.2) is 0 Å². The van der Waals surface area contributed by atoms with E-state index in [1.165, 1.54) is 29.7 Å². The minimum atomic E-state index is -3.68. The number of pyridine rings is 1. The van der Waals surface area contributed by atoms with E-state index in [1.54, 1.807) is 31.2 Å². The van der Waals surface area contributed by atoms with E-state index in [9.17, 15) is 13.2 Å². The first-order chi connectivity index (χ1) is 9.82. The maximum atomic E-state index is 12.5. The van der Waals surface area contributed by atoms with Crippen LogP contribution in [0.2, 0.25) is 5.02 Å². The highest BCUT2D eigenvalue weighted by Crippen LogP contribution is 2.25. The Kier molecular flexibility index (Phi) is 4.51. The number of aromatic amines is 1. The molecule has 1 N–H and O–H groups in total. The van der Waals surface area contributed by atoms with E-state index in [0.717, 1.165) is 5.56 Å². The molecule has 1 heterocycles. The molecule has 0 aliphatic rings. The zero-order valence-electron chi connectivity index (χ0n) is 11.6. The molecule has 5 nitrogen and oxygen atoms in total. The van der Waals surface area contributed by atoms with Gasteiger partial charge in [0.1, 0.15) is 0 Å². The third kappa shape index (κ3) is 3.34. The molecule has 0 aliphatic carbocycles. The zero-order valence-corrected chi connectivity index (χ0v) is 13.1. The lowest BCUT2D eigenvalue weighted by atomic mass is 10.1. The van der Waals surface area contributed by atoms with Crippen molar-refractivity contribution in [3.8, 4) is 0 Å². The third-order valence-corrected chi connectivity index (χ3v) is 5.51. The van der Waals surface area contributed by atoms with Gasteiger partial charge in [-0.15, -0.1) is 0 Å². The van der Waals surface area contributed by atoms with Gasteiger partial charge in [0.2, 0.25) is 15.6 Å². The summed E-state index contributed by atoms with van der Waals surface area (Å²) in [6, 6.07) is 9.12. The van der Waals surface area contributed by atoms with Crippen LogP contribution < -0.4 is 5.56 Å². The summed E-state index contributed by atoms with van der Waals surface area (Å²) in [6.07, 6.45) is 1.20. The standard InChI is InChI=1S/C14H15ClN2O3S/c1-10(11-3-5-12(15)6-4-11)17(2)21(19,20)13-7-8-14(18)16-9-13/h3-10H,1-2H3,(H,16,18). The Labute approximate surface area is 128 Å². The molecule has 21 heavy (non-hydrogen) atoms. The maximum Gasteiger partial charge on any atom is 0.247 e. The molecule has 2 rings (SSSR count). The molecule has 0 amide bonds. The number of sulfonamides is 1. The summed E-state index contributed by atoms with van der Waals surface area (Å²) < 4.78 is 26.3. The Morgan fingerprint density at radius 3 is 2.29 bits per heavy atom. The summed E-state index contributed by atoms with van der Waals surface area (Å²) in [7, 11) is -2.18. The molecule has 0 fully saturated rings. The first-order valence-electron chi connectivity index (χ1n) is 6.24. The molecule has 2 aromatic rings. The number of nitrogens with one attached hydrogen (secondary N) is 1. The Morgan fingerprint density at radius 1 is 1.14 bits per heavy atom. The molecular formula is C14H15ClN2O3S. The molecular weight excluding hydrogens is 312 g/mol. The van der Waals surface area contributed by atoms with E-state index in [1.807, 2.05) is 0 Å². The summed E-state index contributed by atoms with van der Waals surface area (Å²) >= 11 is 5.83. The van der Waals surface area contributed by atoms with E-state index < -0.39 is 10.0 Å². The second kappa shape index (κ2) is 6.01. The molecule has 112 valence electrons. The van der Waals surface area contributed by atoms with Crippen molar-refractivity contribution >= 4 is 21.6 Å². The fourth-order valence-corrected chi connectivity index (χ4v) is 3.33. The Bertz CT molecular complexity index is 764. The van der Waals surface area contributed by atoms with E-state index >= 15 is 0 Å². The molecule has 0 saturated heterocycles. The summed E-state index contributed by atoms with van der Waals surface area (Å²) in [5.74, 6) is 0. The van der Waals surface area contributed by atoms with Gasteiger partial charge in [-0.1, -0.05) is 23.7 Å². The Hall–Kier alpha value is -1.63. The van der Waals surface area contributed by atoms with Gasteiger partial charge in [-0.3, -0.25) is 4.79 Å². The summed E-state index contributed by atoms with van der Waals surface area (Å²) in [6.45, 7) is 1.78. The lowest BCUT2D eigenvalue weighted by Gasteiger charge is -2.24. The number of benzene rings is 1. The van der Waals surface area contributed by atoms with Crippen LogP contribution in [0.4, 0.5) is 0 Å². The van der Waals surface area contributed by atoms with E-state index in [4.69, 9.17) is 11.6 Å². The molecule has 0 bridgehead atoms. The number of H-pyrrole nitrogens is 1. The Balaban J connectivity index is 2.33. The number of aromatic nitrogens is 1. The van der Waals surface area contributed by atoms with Crippen LogP contribution in [-0.2, 0) is 10.0 Å². The molecule has 1 aromatic heterocycles. The van der Waals surface area contributed by atoms with Crippen molar-refractivity contribution in [3.05, 3.63) is 63.5 Å².